The maximum Gasteiger partial charge on any atom is 0.322 e. The van der Waals surface area contributed by atoms with E-state index in [0.29, 0.717) is 5.69 Å². The molecule has 0 aromatic heterocycles. The first-order chi connectivity index (χ1) is 11.0. The van der Waals surface area contributed by atoms with Gasteiger partial charge in [0, 0.05) is 16.8 Å². The van der Waals surface area contributed by atoms with Gasteiger partial charge in [0.2, 0.25) is 0 Å². The van der Waals surface area contributed by atoms with E-state index in [2.05, 4.69) is 10.6 Å². The molecule has 2 aromatic rings. The maximum atomic E-state index is 13.1. The molecule has 3 N–H and O–H groups in total. The van der Waals surface area contributed by atoms with Crippen LogP contribution in [0.1, 0.15) is 20.7 Å². The number of carboxylic acids is 1. The van der Waals surface area contributed by atoms with Crippen molar-refractivity contribution in [3.05, 3.63) is 65.5 Å². The van der Waals surface area contributed by atoms with E-state index in [1.165, 1.54) is 42.5 Å². The third-order valence-electron chi connectivity index (χ3n) is 2.89. The van der Waals surface area contributed by atoms with E-state index in [0.717, 1.165) is 6.07 Å². The Morgan fingerprint density at radius 3 is 2.26 bits per heavy atom. The van der Waals surface area contributed by atoms with Crippen molar-refractivity contribution in [1.82, 2.24) is 5.32 Å². The van der Waals surface area contributed by atoms with E-state index in [4.69, 9.17) is 5.11 Å². The van der Waals surface area contributed by atoms with Crippen molar-refractivity contribution in [1.29, 1.82) is 0 Å². The molecule has 0 saturated carbocycles. The molecule has 2 amide bonds. The molecule has 0 aliphatic rings. The Kier molecular flexibility index (Phi) is 5.03. The van der Waals surface area contributed by atoms with Gasteiger partial charge in [-0.3, -0.25) is 14.4 Å². The number of anilines is 1. The molecule has 0 atom stereocenters. The highest BCUT2D eigenvalue weighted by Crippen LogP contribution is 2.12. The van der Waals surface area contributed by atoms with Gasteiger partial charge in [0.05, 0.1) is 0 Å². The first-order valence-electron chi connectivity index (χ1n) is 6.62. The molecular formula is C16H13FN2O4. The lowest BCUT2D eigenvalue weighted by molar-refractivity contribution is -0.135. The smallest absolute Gasteiger partial charge is 0.322 e. The fourth-order valence-electron chi connectivity index (χ4n) is 1.80. The number of rotatable bonds is 5. The summed E-state index contributed by atoms with van der Waals surface area (Å²) >= 11 is 0. The van der Waals surface area contributed by atoms with Crippen LogP contribution < -0.4 is 10.6 Å². The SMILES string of the molecule is O=C(O)CNC(=O)c1ccc(NC(=O)c2cccc(F)c2)cc1. The number of hydrogen-bond acceptors (Lipinski definition) is 3. The summed E-state index contributed by atoms with van der Waals surface area (Å²) < 4.78 is 13.1. The van der Waals surface area contributed by atoms with Crippen LogP contribution in [-0.4, -0.2) is 29.4 Å². The summed E-state index contributed by atoms with van der Waals surface area (Å²) in [5, 5.41) is 13.3. The zero-order valence-corrected chi connectivity index (χ0v) is 11.9. The van der Waals surface area contributed by atoms with E-state index >= 15 is 0 Å². The number of carbonyl (C=O) groups is 3. The highest BCUT2D eigenvalue weighted by molar-refractivity contribution is 6.04. The van der Waals surface area contributed by atoms with Crippen LogP contribution in [0.3, 0.4) is 0 Å². The van der Waals surface area contributed by atoms with Crippen LogP contribution in [-0.2, 0) is 4.79 Å². The topological polar surface area (TPSA) is 95.5 Å². The summed E-state index contributed by atoms with van der Waals surface area (Å²) in [6.07, 6.45) is 0. The maximum absolute atomic E-state index is 13.1. The van der Waals surface area contributed by atoms with Crippen LogP contribution >= 0.6 is 0 Å². The van der Waals surface area contributed by atoms with Gasteiger partial charge in [-0.05, 0) is 42.5 Å². The summed E-state index contributed by atoms with van der Waals surface area (Å²) in [5.74, 6) is -2.66. The second-order valence-electron chi connectivity index (χ2n) is 4.62. The van der Waals surface area contributed by atoms with Crippen LogP contribution in [0.2, 0.25) is 0 Å². The molecule has 23 heavy (non-hydrogen) atoms. The van der Waals surface area contributed by atoms with Crippen LogP contribution in [0.4, 0.5) is 10.1 Å². The first kappa shape index (κ1) is 16.2. The Morgan fingerprint density at radius 2 is 1.65 bits per heavy atom. The molecule has 0 spiro atoms. The number of halogens is 1. The number of carboxylic acid groups (broad SMARTS) is 1. The molecule has 2 rings (SSSR count). The number of carbonyl (C=O) groups excluding carboxylic acids is 2. The summed E-state index contributed by atoms with van der Waals surface area (Å²) in [6.45, 7) is -0.475. The van der Waals surface area contributed by atoms with E-state index < -0.39 is 30.1 Å². The second-order valence-corrected chi connectivity index (χ2v) is 4.62. The van der Waals surface area contributed by atoms with Crippen molar-refractivity contribution in [2.24, 2.45) is 0 Å². The predicted octanol–water partition coefficient (Wildman–Crippen LogP) is 1.89. The number of hydrogen-bond donors (Lipinski definition) is 3. The Balaban J connectivity index is 2.01. The minimum Gasteiger partial charge on any atom is -0.480 e. The predicted molar refractivity (Wildman–Crippen MR) is 80.8 cm³/mol. The Labute approximate surface area is 130 Å². The molecule has 0 heterocycles. The lowest BCUT2D eigenvalue weighted by Gasteiger charge is -2.07. The summed E-state index contributed by atoms with van der Waals surface area (Å²) in [7, 11) is 0. The molecule has 118 valence electrons. The highest BCUT2D eigenvalue weighted by Gasteiger charge is 2.09. The Morgan fingerprint density at radius 1 is 0.957 bits per heavy atom. The standard InChI is InChI=1S/C16H13FN2O4/c17-12-3-1-2-11(8-12)16(23)19-13-6-4-10(5-7-13)15(22)18-9-14(20)21/h1-8H,9H2,(H,18,22)(H,19,23)(H,20,21). The van der Waals surface area contributed by atoms with Crippen LogP contribution in [0.5, 0.6) is 0 Å². The fraction of sp³-hybridized carbons (Fsp3) is 0.0625. The molecule has 7 heteroatoms. The molecule has 0 radical (unpaired) electrons. The largest absolute Gasteiger partial charge is 0.480 e. The van der Waals surface area contributed by atoms with Gasteiger partial charge >= 0.3 is 5.97 Å². The quantitative estimate of drug-likeness (QED) is 0.785. The zero-order valence-electron chi connectivity index (χ0n) is 11.9. The Hall–Kier alpha value is -3.22. The van der Waals surface area contributed by atoms with Crippen molar-refractivity contribution >= 4 is 23.5 Å². The minimum absolute atomic E-state index is 0.174. The van der Waals surface area contributed by atoms with Crippen LogP contribution in [0, 0.1) is 5.82 Å². The average Bonchev–Trinajstić information content (AvgIpc) is 2.53. The van der Waals surface area contributed by atoms with E-state index in [1.54, 1.807) is 0 Å². The number of benzene rings is 2. The molecular weight excluding hydrogens is 303 g/mol. The van der Waals surface area contributed by atoms with Crippen molar-refractivity contribution in [2.75, 3.05) is 11.9 Å². The molecule has 6 nitrogen and oxygen atoms in total. The second kappa shape index (κ2) is 7.17. The molecule has 0 aliphatic carbocycles. The summed E-state index contributed by atoms with van der Waals surface area (Å²) in [5.41, 5.74) is 0.859. The molecule has 0 aliphatic heterocycles. The lowest BCUT2D eigenvalue weighted by atomic mass is 10.1. The summed E-state index contributed by atoms with van der Waals surface area (Å²) in [4.78, 5) is 34.0. The third kappa shape index (κ3) is 4.63. The van der Waals surface area contributed by atoms with Gasteiger partial charge in [0.15, 0.2) is 0 Å². The highest BCUT2D eigenvalue weighted by atomic mass is 19.1. The van der Waals surface area contributed by atoms with E-state index in [9.17, 15) is 18.8 Å². The number of amides is 2. The lowest BCUT2D eigenvalue weighted by Crippen LogP contribution is -2.29. The molecule has 0 bridgehead atoms. The van der Waals surface area contributed by atoms with Crippen molar-refractivity contribution in [2.45, 2.75) is 0 Å². The van der Waals surface area contributed by atoms with E-state index in [-0.39, 0.29) is 11.1 Å². The zero-order chi connectivity index (χ0) is 16.8. The fourth-order valence-corrected chi connectivity index (χ4v) is 1.80. The van der Waals surface area contributed by atoms with Gasteiger partial charge < -0.3 is 15.7 Å². The third-order valence-corrected chi connectivity index (χ3v) is 2.89. The monoisotopic (exact) mass is 316 g/mol. The number of nitrogens with one attached hydrogen (secondary N) is 2. The molecule has 2 aromatic carbocycles. The molecule has 0 unspecified atom stereocenters. The van der Waals surface area contributed by atoms with Gasteiger partial charge in [-0.15, -0.1) is 0 Å². The van der Waals surface area contributed by atoms with Crippen molar-refractivity contribution < 1.29 is 23.9 Å². The van der Waals surface area contributed by atoms with Crippen LogP contribution in [0.15, 0.2) is 48.5 Å². The Bertz CT molecular complexity index is 744. The van der Waals surface area contributed by atoms with Gasteiger partial charge in [-0.25, -0.2) is 4.39 Å². The van der Waals surface area contributed by atoms with E-state index in [1.807, 2.05) is 0 Å². The first-order valence-corrected chi connectivity index (χ1v) is 6.62. The minimum atomic E-state index is -1.14. The average molecular weight is 316 g/mol. The van der Waals surface area contributed by atoms with Gasteiger partial charge in [0.25, 0.3) is 11.8 Å². The normalized spacial score (nSPS) is 9.96. The number of aliphatic carboxylic acids is 1. The molecule has 0 fully saturated rings. The van der Waals surface area contributed by atoms with Gasteiger partial charge in [-0.1, -0.05) is 6.07 Å². The van der Waals surface area contributed by atoms with Crippen molar-refractivity contribution in [3.8, 4) is 0 Å². The van der Waals surface area contributed by atoms with Crippen molar-refractivity contribution in [3.63, 3.8) is 0 Å². The van der Waals surface area contributed by atoms with Crippen LogP contribution in [0.25, 0.3) is 0 Å². The van der Waals surface area contributed by atoms with Gasteiger partial charge in [-0.2, -0.15) is 0 Å². The van der Waals surface area contributed by atoms with Gasteiger partial charge in [0.1, 0.15) is 12.4 Å². The summed E-state index contributed by atoms with van der Waals surface area (Å²) in [6, 6.07) is 11.1. The molecule has 0 saturated heterocycles.